The second-order valence-electron chi connectivity index (χ2n) is 4.10. The number of rotatable bonds is 4. The van der Waals surface area contributed by atoms with Crippen LogP contribution in [0.1, 0.15) is 0 Å². The molecule has 2 rings (SSSR count). The molecule has 1 aromatic carbocycles. The largest absolute Gasteiger partial charge is 0.398 e. The van der Waals surface area contributed by atoms with Crippen molar-refractivity contribution in [1.29, 1.82) is 0 Å². The lowest BCUT2D eigenvalue weighted by atomic mass is 10.3. The summed E-state index contributed by atoms with van der Waals surface area (Å²) in [6.45, 7) is 0.468. The van der Waals surface area contributed by atoms with E-state index in [1.165, 1.54) is 6.07 Å². The fraction of sp³-hybridized carbons (Fsp3) is 0.455. The first kappa shape index (κ1) is 15.5. The van der Waals surface area contributed by atoms with Gasteiger partial charge in [-0.1, -0.05) is 0 Å². The van der Waals surface area contributed by atoms with Crippen LogP contribution in [0.25, 0.3) is 0 Å². The maximum absolute atomic E-state index is 12.1. The van der Waals surface area contributed by atoms with Crippen molar-refractivity contribution >= 4 is 55.2 Å². The lowest BCUT2D eigenvalue weighted by Gasteiger charge is -2.21. The predicted molar refractivity (Wildman–Crippen MR) is 87.3 cm³/mol. The van der Waals surface area contributed by atoms with Gasteiger partial charge in [0, 0.05) is 39.2 Å². The fourth-order valence-electron chi connectivity index (χ4n) is 1.63. The van der Waals surface area contributed by atoms with E-state index in [1.807, 2.05) is 23.5 Å². The highest BCUT2D eigenvalue weighted by Crippen LogP contribution is 2.25. The van der Waals surface area contributed by atoms with E-state index in [9.17, 15) is 8.42 Å². The van der Waals surface area contributed by atoms with E-state index in [0.717, 1.165) is 17.3 Å². The molecule has 19 heavy (non-hydrogen) atoms. The number of nitrogens with one attached hydrogen (secondary N) is 1. The average molecular weight is 383 g/mol. The van der Waals surface area contributed by atoms with Crippen LogP contribution >= 0.6 is 39.5 Å². The molecule has 0 spiro atoms. The molecule has 1 fully saturated rings. The first-order chi connectivity index (χ1) is 8.99. The van der Waals surface area contributed by atoms with E-state index in [4.69, 9.17) is 5.73 Å². The number of halogens is 1. The van der Waals surface area contributed by atoms with Gasteiger partial charge in [0.1, 0.15) is 0 Å². The Morgan fingerprint density at radius 2 is 2.21 bits per heavy atom. The van der Waals surface area contributed by atoms with Gasteiger partial charge in [0.25, 0.3) is 0 Å². The summed E-state index contributed by atoms with van der Waals surface area (Å²) >= 11 is 6.95. The molecule has 106 valence electrons. The van der Waals surface area contributed by atoms with Crippen molar-refractivity contribution < 1.29 is 8.42 Å². The zero-order valence-electron chi connectivity index (χ0n) is 10.1. The summed E-state index contributed by atoms with van der Waals surface area (Å²) in [6, 6.07) is 4.66. The van der Waals surface area contributed by atoms with E-state index in [2.05, 4.69) is 20.7 Å². The SMILES string of the molecule is Nc1cc(S(=O)(=O)NCC2CSCCS2)ccc1Br. The summed E-state index contributed by atoms with van der Waals surface area (Å²) in [7, 11) is -3.47. The van der Waals surface area contributed by atoms with Crippen molar-refractivity contribution in [2.75, 3.05) is 29.5 Å². The smallest absolute Gasteiger partial charge is 0.240 e. The van der Waals surface area contributed by atoms with Crippen molar-refractivity contribution in [2.45, 2.75) is 10.1 Å². The van der Waals surface area contributed by atoms with Crippen LogP contribution in [0.15, 0.2) is 27.6 Å². The van der Waals surface area contributed by atoms with E-state index < -0.39 is 10.0 Å². The van der Waals surface area contributed by atoms with Gasteiger partial charge in [0.05, 0.1) is 4.90 Å². The Labute approximate surface area is 130 Å². The minimum Gasteiger partial charge on any atom is -0.398 e. The Morgan fingerprint density at radius 3 is 2.84 bits per heavy atom. The lowest BCUT2D eigenvalue weighted by molar-refractivity contribution is 0.581. The number of benzene rings is 1. The molecule has 0 aliphatic carbocycles. The molecule has 0 radical (unpaired) electrons. The van der Waals surface area contributed by atoms with E-state index in [0.29, 0.717) is 22.0 Å². The standard InChI is InChI=1S/C11H15BrN2O2S3/c12-10-2-1-9(5-11(10)13)19(15,16)14-6-8-7-17-3-4-18-8/h1-2,5,8,14H,3-4,6-7,13H2. The maximum atomic E-state index is 12.1. The summed E-state index contributed by atoms with van der Waals surface area (Å²) < 4.78 is 27.6. The third kappa shape index (κ3) is 4.29. The minimum absolute atomic E-state index is 0.210. The highest BCUT2D eigenvalue weighted by molar-refractivity contribution is 9.10. The maximum Gasteiger partial charge on any atom is 0.240 e. The highest BCUT2D eigenvalue weighted by Gasteiger charge is 2.19. The summed E-state index contributed by atoms with van der Waals surface area (Å²) in [4.78, 5) is 0.210. The van der Waals surface area contributed by atoms with E-state index >= 15 is 0 Å². The molecule has 1 aliphatic heterocycles. The summed E-state index contributed by atoms with van der Waals surface area (Å²) in [6.07, 6.45) is 0. The molecule has 1 aliphatic rings. The molecule has 0 bridgehead atoms. The Morgan fingerprint density at radius 1 is 1.42 bits per heavy atom. The second kappa shape index (κ2) is 6.71. The van der Waals surface area contributed by atoms with Crippen LogP contribution in [0, 0.1) is 0 Å². The number of hydrogen-bond acceptors (Lipinski definition) is 5. The van der Waals surface area contributed by atoms with Gasteiger partial charge < -0.3 is 5.73 Å². The van der Waals surface area contributed by atoms with Crippen LogP contribution in [0.5, 0.6) is 0 Å². The molecule has 1 atom stereocenters. The zero-order valence-corrected chi connectivity index (χ0v) is 14.2. The van der Waals surface area contributed by atoms with Gasteiger partial charge in [-0.25, -0.2) is 13.1 Å². The van der Waals surface area contributed by atoms with Crippen LogP contribution in [0.4, 0.5) is 5.69 Å². The van der Waals surface area contributed by atoms with Gasteiger partial charge in [-0.15, -0.1) is 0 Å². The second-order valence-corrected chi connectivity index (χ2v) is 9.28. The highest BCUT2D eigenvalue weighted by atomic mass is 79.9. The van der Waals surface area contributed by atoms with E-state index in [1.54, 1.807) is 12.1 Å². The topological polar surface area (TPSA) is 72.2 Å². The van der Waals surface area contributed by atoms with Crippen LogP contribution in [-0.4, -0.2) is 37.5 Å². The van der Waals surface area contributed by atoms with Crippen molar-refractivity contribution in [3.63, 3.8) is 0 Å². The molecule has 0 aromatic heterocycles. The van der Waals surface area contributed by atoms with Gasteiger partial charge in [-0.2, -0.15) is 23.5 Å². The minimum atomic E-state index is -3.47. The monoisotopic (exact) mass is 382 g/mol. The van der Waals surface area contributed by atoms with Crippen molar-refractivity contribution in [3.05, 3.63) is 22.7 Å². The first-order valence-electron chi connectivity index (χ1n) is 5.73. The van der Waals surface area contributed by atoms with Gasteiger partial charge in [-0.05, 0) is 34.1 Å². The van der Waals surface area contributed by atoms with Gasteiger partial charge in [0.2, 0.25) is 10.0 Å². The summed E-state index contributed by atoms with van der Waals surface area (Å²) in [5, 5.41) is 0.348. The Hall–Kier alpha value is 0.110. The molecule has 1 aromatic rings. The average Bonchev–Trinajstić information content (AvgIpc) is 2.41. The normalized spacial score (nSPS) is 20.4. The molecule has 4 nitrogen and oxygen atoms in total. The molecule has 3 N–H and O–H groups in total. The molecular formula is C11H15BrN2O2S3. The molecule has 0 saturated carbocycles. The van der Waals surface area contributed by atoms with Gasteiger partial charge >= 0.3 is 0 Å². The summed E-state index contributed by atoms with van der Waals surface area (Å²) in [5.74, 6) is 3.23. The lowest BCUT2D eigenvalue weighted by Crippen LogP contribution is -2.33. The first-order valence-corrected chi connectivity index (χ1v) is 10.2. The molecule has 0 amide bonds. The fourth-order valence-corrected chi connectivity index (χ4v) is 5.71. The van der Waals surface area contributed by atoms with Crippen LogP contribution in [0.2, 0.25) is 0 Å². The Balaban J connectivity index is 2.02. The van der Waals surface area contributed by atoms with Crippen LogP contribution < -0.4 is 10.5 Å². The molecule has 8 heteroatoms. The van der Waals surface area contributed by atoms with Crippen molar-refractivity contribution in [3.8, 4) is 0 Å². The Bertz CT molecular complexity index is 545. The summed E-state index contributed by atoms with van der Waals surface area (Å²) in [5.41, 5.74) is 6.13. The molecule has 1 heterocycles. The zero-order chi connectivity index (χ0) is 13.9. The number of anilines is 1. The number of thioether (sulfide) groups is 2. The molecule has 1 saturated heterocycles. The number of nitrogen functional groups attached to an aromatic ring is 1. The number of nitrogens with two attached hydrogens (primary N) is 1. The van der Waals surface area contributed by atoms with Crippen LogP contribution in [-0.2, 0) is 10.0 Å². The van der Waals surface area contributed by atoms with Crippen molar-refractivity contribution in [1.82, 2.24) is 4.72 Å². The third-order valence-corrected chi connectivity index (χ3v) is 7.65. The predicted octanol–water partition coefficient (Wildman–Crippen LogP) is 2.16. The Kier molecular flexibility index (Phi) is 5.47. The van der Waals surface area contributed by atoms with E-state index in [-0.39, 0.29) is 4.90 Å². The third-order valence-electron chi connectivity index (χ3n) is 2.66. The molecular weight excluding hydrogens is 368 g/mol. The number of sulfonamides is 1. The van der Waals surface area contributed by atoms with Crippen molar-refractivity contribution in [2.24, 2.45) is 0 Å². The number of hydrogen-bond donors (Lipinski definition) is 2. The van der Waals surface area contributed by atoms with Crippen LogP contribution in [0.3, 0.4) is 0 Å². The quantitative estimate of drug-likeness (QED) is 0.780. The van der Waals surface area contributed by atoms with Gasteiger partial charge in [-0.3, -0.25) is 0 Å². The molecule has 1 unspecified atom stereocenters. The van der Waals surface area contributed by atoms with Gasteiger partial charge in [0.15, 0.2) is 0 Å².